The number of ether oxygens (including phenoxy) is 1. The summed E-state index contributed by atoms with van der Waals surface area (Å²) in [6, 6.07) is -1.13. The molecule has 8 nitrogen and oxygen atoms in total. The van der Waals surface area contributed by atoms with Crippen LogP contribution in [0.4, 0.5) is 0 Å². The Kier molecular flexibility index (Phi) is 10.8. The molecule has 0 spiro atoms. The van der Waals surface area contributed by atoms with Crippen LogP contribution in [0.5, 0.6) is 0 Å². The van der Waals surface area contributed by atoms with Crippen LogP contribution in [0.1, 0.15) is 33.1 Å². The van der Waals surface area contributed by atoms with Crippen LogP contribution in [0, 0.1) is 5.92 Å². The van der Waals surface area contributed by atoms with Crippen LogP contribution in [-0.4, -0.2) is 97.5 Å². The second-order valence-corrected chi connectivity index (χ2v) is 10.1. The van der Waals surface area contributed by atoms with Gasteiger partial charge in [0.25, 0.3) is 0 Å². The fourth-order valence-electron chi connectivity index (χ4n) is 4.19. The molecule has 0 bridgehead atoms. The molecule has 1 amide bonds. The van der Waals surface area contributed by atoms with Crippen LogP contribution < -0.4 is 5.32 Å². The SMILES string of the molecule is CCCC1CC(C(=O)NC(C(C)Cl)C2OC(S(C)=O)C(O)C(O)C2O)N(C)C1.Cl. The highest BCUT2D eigenvalue weighted by Gasteiger charge is 2.49. The number of likely N-dealkylation sites (N-methyl/N-ethyl adjacent to an activating group) is 1. The first-order chi connectivity index (χ1) is 13.1. The summed E-state index contributed by atoms with van der Waals surface area (Å²) in [5.74, 6) is 0.238. The van der Waals surface area contributed by atoms with E-state index in [-0.39, 0.29) is 24.4 Å². The minimum Gasteiger partial charge on any atom is -0.388 e. The number of hydrogen-bond donors (Lipinski definition) is 4. The zero-order chi connectivity index (χ0) is 21.2. The molecule has 2 heterocycles. The molecule has 11 heteroatoms. The molecule has 0 radical (unpaired) electrons. The van der Waals surface area contributed by atoms with E-state index in [9.17, 15) is 24.3 Å². The largest absolute Gasteiger partial charge is 0.388 e. The van der Waals surface area contributed by atoms with Gasteiger partial charge in [0.2, 0.25) is 5.91 Å². The van der Waals surface area contributed by atoms with E-state index in [1.165, 1.54) is 6.26 Å². The van der Waals surface area contributed by atoms with Crippen molar-refractivity contribution in [1.82, 2.24) is 10.2 Å². The van der Waals surface area contributed by atoms with Gasteiger partial charge in [0.05, 0.1) is 28.3 Å². The van der Waals surface area contributed by atoms with Gasteiger partial charge in [-0.15, -0.1) is 24.0 Å². The van der Waals surface area contributed by atoms with Gasteiger partial charge >= 0.3 is 0 Å². The number of likely N-dealkylation sites (tertiary alicyclic amines) is 1. The molecule has 0 aliphatic carbocycles. The maximum Gasteiger partial charge on any atom is 0.237 e. The number of alkyl halides is 1. The molecule has 2 aliphatic heterocycles. The molecule has 0 aromatic carbocycles. The molecule has 0 saturated carbocycles. The summed E-state index contributed by atoms with van der Waals surface area (Å²) < 4.78 is 17.5. The highest BCUT2D eigenvalue weighted by atomic mass is 35.5. The highest BCUT2D eigenvalue weighted by Crippen LogP contribution is 2.29. The molecule has 0 aromatic heterocycles. The lowest BCUT2D eigenvalue weighted by molar-refractivity contribution is -0.206. The molecule has 172 valence electrons. The number of nitrogens with zero attached hydrogens (tertiary/aromatic N) is 1. The molecule has 2 rings (SSSR count). The summed E-state index contributed by atoms with van der Waals surface area (Å²) in [7, 11) is 0.301. The van der Waals surface area contributed by atoms with Gasteiger partial charge in [-0.05, 0) is 32.7 Å². The third-order valence-electron chi connectivity index (χ3n) is 5.73. The third kappa shape index (κ3) is 6.26. The van der Waals surface area contributed by atoms with E-state index in [0.29, 0.717) is 5.92 Å². The Morgan fingerprint density at radius 2 is 1.93 bits per heavy atom. The van der Waals surface area contributed by atoms with Crippen LogP contribution in [0.15, 0.2) is 0 Å². The fraction of sp³-hybridized carbons (Fsp3) is 0.944. The molecule has 10 atom stereocenters. The summed E-state index contributed by atoms with van der Waals surface area (Å²) in [5.41, 5.74) is -1.18. The lowest BCUT2D eigenvalue weighted by Gasteiger charge is -2.43. The minimum absolute atomic E-state index is 0. The van der Waals surface area contributed by atoms with Crippen molar-refractivity contribution in [2.75, 3.05) is 19.8 Å². The first-order valence-corrected chi connectivity index (χ1v) is 11.8. The molecular weight excluding hydrogens is 443 g/mol. The van der Waals surface area contributed by atoms with Crippen molar-refractivity contribution in [1.29, 1.82) is 0 Å². The number of carbonyl (C=O) groups is 1. The molecule has 2 saturated heterocycles. The summed E-state index contributed by atoms with van der Waals surface area (Å²) in [6.45, 7) is 4.61. The normalized spacial score (nSPS) is 38.7. The van der Waals surface area contributed by atoms with Crippen molar-refractivity contribution in [2.45, 2.75) is 80.4 Å². The summed E-state index contributed by atoms with van der Waals surface area (Å²) in [6.07, 6.45) is -1.41. The zero-order valence-electron chi connectivity index (χ0n) is 17.2. The summed E-state index contributed by atoms with van der Waals surface area (Å²) in [5, 5.41) is 32.8. The summed E-state index contributed by atoms with van der Waals surface area (Å²) in [4.78, 5) is 14.9. The van der Waals surface area contributed by atoms with Crippen molar-refractivity contribution < 1.29 is 29.1 Å². The Balaban J connectivity index is 0.00000420. The van der Waals surface area contributed by atoms with Gasteiger partial charge < -0.3 is 25.4 Å². The van der Waals surface area contributed by atoms with E-state index >= 15 is 0 Å². The van der Waals surface area contributed by atoms with Crippen LogP contribution in [0.3, 0.4) is 0 Å². The van der Waals surface area contributed by atoms with Crippen molar-refractivity contribution >= 4 is 40.7 Å². The highest BCUT2D eigenvalue weighted by molar-refractivity contribution is 7.84. The number of aliphatic hydroxyl groups excluding tert-OH is 3. The predicted molar refractivity (Wildman–Crippen MR) is 115 cm³/mol. The van der Waals surface area contributed by atoms with Gasteiger partial charge in [0.1, 0.15) is 24.4 Å². The quantitative estimate of drug-likeness (QED) is 0.376. The topological polar surface area (TPSA) is 119 Å². The van der Waals surface area contributed by atoms with E-state index in [2.05, 4.69) is 12.2 Å². The fourth-order valence-corrected chi connectivity index (χ4v) is 5.24. The lowest BCUT2D eigenvalue weighted by atomic mass is 9.92. The number of carbonyl (C=O) groups excluding carboxylic acids is 1. The lowest BCUT2D eigenvalue weighted by Crippen LogP contribution is -2.66. The van der Waals surface area contributed by atoms with Crippen molar-refractivity contribution in [3.8, 4) is 0 Å². The van der Waals surface area contributed by atoms with Gasteiger partial charge in [-0.25, -0.2) is 0 Å². The number of aliphatic hydroxyl groups is 3. The zero-order valence-corrected chi connectivity index (χ0v) is 19.6. The number of nitrogens with one attached hydrogen (secondary N) is 1. The average Bonchev–Trinajstić information content (AvgIpc) is 2.98. The Bertz CT molecular complexity index is 572. The first-order valence-electron chi connectivity index (χ1n) is 9.75. The van der Waals surface area contributed by atoms with Crippen molar-refractivity contribution in [3.63, 3.8) is 0 Å². The Morgan fingerprint density at radius 3 is 2.45 bits per heavy atom. The maximum absolute atomic E-state index is 12.9. The van der Waals surface area contributed by atoms with E-state index in [4.69, 9.17) is 16.3 Å². The number of hydrogen-bond acceptors (Lipinski definition) is 7. The van der Waals surface area contributed by atoms with Gasteiger partial charge in [-0.2, -0.15) is 0 Å². The Labute approximate surface area is 186 Å². The monoisotopic (exact) mass is 476 g/mol. The van der Waals surface area contributed by atoms with Gasteiger partial charge in [0, 0.05) is 12.8 Å². The van der Waals surface area contributed by atoms with Crippen molar-refractivity contribution in [2.24, 2.45) is 5.92 Å². The second-order valence-electron chi connectivity index (χ2n) is 8.00. The van der Waals surface area contributed by atoms with Crippen LogP contribution >= 0.6 is 24.0 Å². The maximum atomic E-state index is 12.9. The third-order valence-corrected chi connectivity index (χ3v) is 7.04. The molecule has 0 aromatic rings. The molecule has 29 heavy (non-hydrogen) atoms. The Hall–Kier alpha value is -0.0000000000000000555. The van der Waals surface area contributed by atoms with Gasteiger partial charge in [0.15, 0.2) is 5.44 Å². The van der Waals surface area contributed by atoms with E-state index in [0.717, 1.165) is 25.8 Å². The predicted octanol–water partition coefficient (Wildman–Crippen LogP) is -0.173. The smallest absolute Gasteiger partial charge is 0.237 e. The van der Waals surface area contributed by atoms with Gasteiger partial charge in [-0.1, -0.05) is 13.3 Å². The molecular formula is C18H34Cl2N2O6S. The van der Waals surface area contributed by atoms with E-state index in [1.54, 1.807) is 6.92 Å². The number of rotatable bonds is 7. The average molecular weight is 477 g/mol. The van der Waals surface area contributed by atoms with E-state index < -0.39 is 52.1 Å². The molecule has 4 N–H and O–H groups in total. The molecule has 2 aliphatic rings. The van der Waals surface area contributed by atoms with E-state index in [1.807, 2.05) is 11.9 Å². The second kappa shape index (κ2) is 11.6. The standard InChI is InChI=1S/C18H33ClN2O6S.ClH/c1-5-6-10-7-11(21(3)8-10)17(25)20-12(9(2)19)16-14(23)13(22)15(24)18(27-16)28(4)26;/h9-16,18,22-24H,5-8H2,1-4H3,(H,20,25);1H. The summed E-state index contributed by atoms with van der Waals surface area (Å²) >= 11 is 6.28. The van der Waals surface area contributed by atoms with Gasteiger partial charge in [-0.3, -0.25) is 13.9 Å². The first kappa shape index (κ1) is 27.0. The molecule has 10 unspecified atom stereocenters. The Morgan fingerprint density at radius 1 is 1.31 bits per heavy atom. The van der Waals surface area contributed by atoms with Crippen LogP contribution in [-0.2, 0) is 20.3 Å². The molecule has 2 fully saturated rings. The number of amides is 1. The van der Waals surface area contributed by atoms with Crippen LogP contribution in [0.25, 0.3) is 0 Å². The minimum atomic E-state index is -1.60. The van der Waals surface area contributed by atoms with Crippen molar-refractivity contribution in [3.05, 3.63) is 0 Å². The van der Waals surface area contributed by atoms with Crippen LogP contribution in [0.2, 0.25) is 0 Å². The number of halogens is 2.